The predicted octanol–water partition coefficient (Wildman–Crippen LogP) is 1.42. The van der Waals surface area contributed by atoms with Crippen molar-refractivity contribution in [3.63, 3.8) is 0 Å². The summed E-state index contributed by atoms with van der Waals surface area (Å²) in [5.41, 5.74) is -0.589. The van der Waals surface area contributed by atoms with Crippen molar-refractivity contribution in [2.45, 2.75) is 38.1 Å². The van der Waals surface area contributed by atoms with Crippen molar-refractivity contribution in [3.05, 3.63) is 0 Å². The molecule has 4 heteroatoms. The van der Waals surface area contributed by atoms with Gasteiger partial charge in [0.25, 0.3) is 0 Å². The quantitative estimate of drug-likeness (QED) is 0.713. The molecule has 0 bridgehead atoms. The molecule has 0 amide bonds. The van der Waals surface area contributed by atoms with Crippen LogP contribution in [0.15, 0.2) is 0 Å². The Labute approximate surface area is 78.9 Å². The van der Waals surface area contributed by atoms with Gasteiger partial charge in [0.2, 0.25) is 0 Å². The maximum atomic E-state index is 10.9. The number of halogens is 1. The van der Waals surface area contributed by atoms with E-state index in [1.165, 1.54) is 0 Å². The first kappa shape index (κ1) is 11.7. The SMILES string of the molecule is CCCC1(C(=O)O)CCCN1.Cl. The normalized spacial score (nSPS) is 28.1. The van der Waals surface area contributed by atoms with E-state index in [1.807, 2.05) is 6.92 Å². The fourth-order valence-corrected chi connectivity index (χ4v) is 1.74. The van der Waals surface area contributed by atoms with Gasteiger partial charge in [-0.1, -0.05) is 13.3 Å². The molecule has 0 aromatic heterocycles. The number of hydrogen-bond acceptors (Lipinski definition) is 2. The lowest BCUT2D eigenvalue weighted by Crippen LogP contribution is -2.47. The van der Waals surface area contributed by atoms with Crippen molar-refractivity contribution in [1.82, 2.24) is 5.32 Å². The Hall–Kier alpha value is -0.280. The van der Waals surface area contributed by atoms with Crippen LogP contribution in [0.5, 0.6) is 0 Å². The zero-order valence-corrected chi connectivity index (χ0v) is 8.12. The van der Waals surface area contributed by atoms with Crippen LogP contribution in [0.4, 0.5) is 0 Å². The molecule has 1 heterocycles. The largest absolute Gasteiger partial charge is 0.480 e. The number of carboxylic acids is 1. The van der Waals surface area contributed by atoms with Crippen LogP contribution in [-0.2, 0) is 4.79 Å². The lowest BCUT2D eigenvalue weighted by molar-refractivity contribution is -0.144. The maximum Gasteiger partial charge on any atom is 0.323 e. The first-order valence-corrected chi connectivity index (χ1v) is 4.20. The second-order valence-corrected chi connectivity index (χ2v) is 3.17. The van der Waals surface area contributed by atoms with Gasteiger partial charge in [-0.2, -0.15) is 0 Å². The number of rotatable bonds is 3. The monoisotopic (exact) mass is 193 g/mol. The summed E-state index contributed by atoms with van der Waals surface area (Å²) in [6, 6.07) is 0. The number of nitrogens with one attached hydrogen (secondary N) is 1. The molecule has 0 spiro atoms. The van der Waals surface area contributed by atoms with Crippen LogP contribution < -0.4 is 5.32 Å². The van der Waals surface area contributed by atoms with Gasteiger partial charge in [0.1, 0.15) is 5.54 Å². The summed E-state index contributed by atoms with van der Waals surface area (Å²) in [4.78, 5) is 10.9. The number of aliphatic carboxylic acids is 1. The van der Waals surface area contributed by atoms with Crippen LogP contribution in [0.2, 0.25) is 0 Å². The lowest BCUT2D eigenvalue weighted by Gasteiger charge is -2.23. The Morgan fingerprint density at radius 1 is 1.67 bits per heavy atom. The van der Waals surface area contributed by atoms with Gasteiger partial charge in [0, 0.05) is 0 Å². The van der Waals surface area contributed by atoms with Gasteiger partial charge in [-0.25, -0.2) is 0 Å². The predicted molar refractivity (Wildman–Crippen MR) is 49.8 cm³/mol. The van der Waals surface area contributed by atoms with E-state index in [2.05, 4.69) is 5.32 Å². The summed E-state index contributed by atoms with van der Waals surface area (Å²) >= 11 is 0. The summed E-state index contributed by atoms with van der Waals surface area (Å²) in [7, 11) is 0. The van der Waals surface area contributed by atoms with E-state index in [1.54, 1.807) is 0 Å². The fraction of sp³-hybridized carbons (Fsp3) is 0.875. The van der Waals surface area contributed by atoms with Gasteiger partial charge >= 0.3 is 5.97 Å². The number of hydrogen-bond donors (Lipinski definition) is 2. The molecule has 1 saturated heterocycles. The van der Waals surface area contributed by atoms with E-state index in [0.29, 0.717) is 0 Å². The average Bonchev–Trinajstić information content (AvgIpc) is 2.38. The smallest absolute Gasteiger partial charge is 0.323 e. The van der Waals surface area contributed by atoms with E-state index in [-0.39, 0.29) is 12.4 Å². The Bertz CT molecular complexity index is 155. The molecule has 1 aliphatic heterocycles. The molecule has 1 atom stereocenters. The summed E-state index contributed by atoms with van der Waals surface area (Å²) in [6.07, 6.45) is 3.46. The van der Waals surface area contributed by atoms with Gasteiger partial charge in [0.15, 0.2) is 0 Å². The standard InChI is InChI=1S/C8H15NO2.ClH/c1-2-4-8(7(10)11)5-3-6-9-8;/h9H,2-6H2,1H3,(H,10,11);1H. The zero-order chi connectivity index (χ0) is 8.32. The van der Waals surface area contributed by atoms with E-state index in [9.17, 15) is 4.79 Å². The molecule has 1 fully saturated rings. The highest BCUT2D eigenvalue weighted by atomic mass is 35.5. The molecule has 0 aliphatic carbocycles. The Morgan fingerprint density at radius 3 is 2.67 bits per heavy atom. The molecule has 0 radical (unpaired) electrons. The van der Waals surface area contributed by atoms with E-state index in [4.69, 9.17) is 5.11 Å². The molecule has 1 aliphatic rings. The number of carboxylic acid groups (broad SMARTS) is 1. The van der Waals surface area contributed by atoms with E-state index in [0.717, 1.165) is 32.2 Å². The van der Waals surface area contributed by atoms with Crippen LogP contribution in [-0.4, -0.2) is 23.2 Å². The van der Waals surface area contributed by atoms with Crippen molar-refractivity contribution < 1.29 is 9.90 Å². The van der Waals surface area contributed by atoms with Crippen molar-refractivity contribution in [1.29, 1.82) is 0 Å². The van der Waals surface area contributed by atoms with Gasteiger partial charge in [-0.3, -0.25) is 4.79 Å². The lowest BCUT2D eigenvalue weighted by atomic mass is 9.92. The molecule has 1 rings (SSSR count). The summed E-state index contributed by atoms with van der Waals surface area (Å²) in [5, 5.41) is 12.0. The van der Waals surface area contributed by atoms with Crippen LogP contribution in [0.1, 0.15) is 32.6 Å². The molecule has 0 aromatic carbocycles. The second kappa shape index (κ2) is 4.67. The zero-order valence-electron chi connectivity index (χ0n) is 7.30. The maximum absolute atomic E-state index is 10.9. The molecule has 72 valence electrons. The molecular formula is C8H16ClNO2. The second-order valence-electron chi connectivity index (χ2n) is 3.17. The van der Waals surface area contributed by atoms with Crippen molar-refractivity contribution >= 4 is 18.4 Å². The third-order valence-corrected chi connectivity index (χ3v) is 2.33. The Morgan fingerprint density at radius 2 is 2.33 bits per heavy atom. The Balaban J connectivity index is 0.00000121. The van der Waals surface area contributed by atoms with Gasteiger partial charge < -0.3 is 10.4 Å². The summed E-state index contributed by atoms with van der Waals surface area (Å²) < 4.78 is 0. The molecule has 2 N–H and O–H groups in total. The van der Waals surface area contributed by atoms with Crippen LogP contribution in [0, 0.1) is 0 Å². The van der Waals surface area contributed by atoms with Gasteiger partial charge in [0.05, 0.1) is 0 Å². The van der Waals surface area contributed by atoms with E-state index >= 15 is 0 Å². The molecule has 0 saturated carbocycles. The topological polar surface area (TPSA) is 49.3 Å². The highest BCUT2D eigenvalue weighted by Gasteiger charge is 2.39. The third-order valence-electron chi connectivity index (χ3n) is 2.33. The minimum absolute atomic E-state index is 0. The van der Waals surface area contributed by atoms with Crippen molar-refractivity contribution in [2.75, 3.05) is 6.54 Å². The van der Waals surface area contributed by atoms with Crippen LogP contribution in [0.3, 0.4) is 0 Å². The number of carbonyl (C=O) groups is 1. The first-order valence-electron chi connectivity index (χ1n) is 4.20. The molecule has 12 heavy (non-hydrogen) atoms. The first-order chi connectivity index (χ1) is 5.21. The van der Waals surface area contributed by atoms with E-state index < -0.39 is 11.5 Å². The minimum Gasteiger partial charge on any atom is -0.480 e. The fourth-order valence-electron chi connectivity index (χ4n) is 1.74. The molecule has 3 nitrogen and oxygen atoms in total. The molecule has 0 aromatic rings. The third kappa shape index (κ3) is 2.11. The average molecular weight is 194 g/mol. The highest BCUT2D eigenvalue weighted by molar-refractivity contribution is 5.85. The summed E-state index contributed by atoms with van der Waals surface area (Å²) in [5.74, 6) is -0.683. The Kier molecular flexibility index (Phi) is 4.57. The highest BCUT2D eigenvalue weighted by Crippen LogP contribution is 2.24. The van der Waals surface area contributed by atoms with Crippen LogP contribution in [0.25, 0.3) is 0 Å². The minimum atomic E-state index is -0.683. The van der Waals surface area contributed by atoms with Crippen molar-refractivity contribution in [2.24, 2.45) is 0 Å². The van der Waals surface area contributed by atoms with Gasteiger partial charge in [-0.05, 0) is 25.8 Å². The van der Waals surface area contributed by atoms with Crippen LogP contribution >= 0.6 is 12.4 Å². The van der Waals surface area contributed by atoms with Gasteiger partial charge in [-0.15, -0.1) is 12.4 Å². The van der Waals surface area contributed by atoms with Crippen molar-refractivity contribution in [3.8, 4) is 0 Å². The molecular weight excluding hydrogens is 178 g/mol. The summed E-state index contributed by atoms with van der Waals surface area (Å²) in [6.45, 7) is 2.87. The molecule has 1 unspecified atom stereocenters.